The highest BCUT2D eigenvalue weighted by atomic mass is 127. The number of anilines is 2. The smallest absolute Gasteiger partial charge is 0.256 e. The topological polar surface area (TPSA) is 67.8 Å². The molecule has 38 heavy (non-hydrogen) atoms. The monoisotopic (exact) mass is 636 g/mol. The summed E-state index contributed by atoms with van der Waals surface area (Å²) in [6.45, 7) is 3.13. The summed E-state index contributed by atoms with van der Waals surface area (Å²) in [6.07, 6.45) is 0.963. The predicted octanol–water partition coefficient (Wildman–Crippen LogP) is 4.50. The molecule has 2 fully saturated rings. The predicted molar refractivity (Wildman–Crippen MR) is 148 cm³/mol. The van der Waals surface area contributed by atoms with Crippen LogP contribution in [-0.2, 0) is 6.54 Å². The Morgan fingerprint density at radius 2 is 1.82 bits per heavy atom. The highest BCUT2D eigenvalue weighted by Gasteiger charge is 2.44. The van der Waals surface area contributed by atoms with Crippen LogP contribution in [0.25, 0.3) is 0 Å². The summed E-state index contributed by atoms with van der Waals surface area (Å²) in [4.78, 5) is 16.9. The third-order valence-electron chi connectivity index (χ3n) is 7.01. The molecule has 0 bridgehead atoms. The molecule has 5 rings (SSSR count). The number of halogens is 4. The molecule has 0 aromatic heterocycles. The van der Waals surface area contributed by atoms with Crippen molar-refractivity contribution in [3.63, 3.8) is 0 Å². The van der Waals surface area contributed by atoms with Crippen LogP contribution in [0.1, 0.15) is 22.3 Å². The molecule has 3 aromatic carbocycles. The van der Waals surface area contributed by atoms with Crippen molar-refractivity contribution in [3.05, 3.63) is 92.8 Å². The molecule has 0 spiro atoms. The van der Waals surface area contributed by atoms with E-state index in [1.54, 1.807) is 6.07 Å². The zero-order chi connectivity index (χ0) is 26.9. The Morgan fingerprint density at radius 1 is 1.05 bits per heavy atom. The fourth-order valence-corrected chi connectivity index (χ4v) is 5.44. The van der Waals surface area contributed by atoms with Crippen LogP contribution in [-0.4, -0.2) is 65.2 Å². The molecule has 1 unspecified atom stereocenters. The average Bonchev–Trinajstić information content (AvgIpc) is 3.33. The number of likely N-dealkylation sites (tertiary alicyclic amines) is 2. The Kier molecular flexibility index (Phi) is 7.94. The quantitative estimate of drug-likeness (QED) is 0.318. The normalized spacial score (nSPS) is 18.9. The second-order valence-electron chi connectivity index (χ2n) is 10.0. The molecule has 2 aliphatic rings. The zero-order valence-corrected chi connectivity index (χ0v) is 22.7. The number of aliphatic hydroxyl groups is 1. The standard InChI is InChI=1S/C28H28F3IN4O2/c29-22-8-7-21(26(25(22)31)34-24-9-6-19(32)12-23(24)30)27(37)36-16-28(38,17-36)15-33-20-10-11-35(14-20)13-18-4-2-1-3-5-18/h1-9,12,20,33-34,38H,10-11,13-17H2. The van der Waals surface area contributed by atoms with E-state index in [0.717, 1.165) is 32.1 Å². The molecule has 10 heteroatoms. The third-order valence-corrected chi connectivity index (χ3v) is 7.69. The second kappa shape index (κ2) is 11.2. The fraction of sp³-hybridized carbons (Fsp3) is 0.321. The van der Waals surface area contributed by atoms with E-state index in [9.17, 15) is 23.1 Å². The molecule has 2 saturated heterocycles. The van der Waals surface area contributed by atoms with Crippen LogP contribution >= 0.6 is 22.6 Å². The average molecular weight is 636 g/mol. The number of benzene rings is 3. The number of rotatable bonds is 8. The maximum atomic E-state index is 14.7. The van der Waals surface area contributed by atoms with Crippen molar-refractivity contribution < 1.29 is 23.1 Å². The molecule has 3 aromatic rings. The number of carbonyl (C=O) groups excluding carboxylic acids is 1. The van der Waals surface area contributed by atoms with Gasteiger partial charge in [0.2, 0.25) is 0 Å². The molecule has 0 radical (unpaired) electrons. The molecular weight excluding hydrogens is 608 g/mol. The van der Waals surface area contributed by atoms with Gasteiger partial charge in [-0.2, -0.15) is 0 Å². The highest BCUT2D eigenvalue weighted by molar-refractivity contribution is 14.1. The lowest BCUT2D eigenvalue weighted by Crippen LogP contribution is -2.67. The number of carbonyl (C=O) groups is 1. The van der Waals surface area contributed by atoms with E-state index in [0.29, 0.717) is 10.1 Å². The highest BCUT2D eigenvalue weighted by Crippen LogP contribution is 2.32. The first kappa shape index (κ1) is 26.9. The van der Waals surface area contributed by atoms with Gasteiger partial charge in [0.25, 0.3) is 5.91 Å². The van der Waals surface area contributed by atoms with Crippen molar-refractivity contribution in [2.45, 2.75) is 24.6 Å². The number of amides is 1. The Bertz CT molecular complexity index is 1320. The third kappa shape index (κ3) is 5.98. The Morgan fingerprint density at radius 3 is 2.55 bits per heavy atom. The summed E-state index contributed by atoms with van der Waals surface area (Å²) >= 11 is 1.94. The maximum absolute atomic E-state index is 14.7. The van der Waals surface area contributed by atoms with Crippen molar-refractivity contribution in [2.75, 3.05) is 38.0 Å². The van der Waals surface area contributed by atoms with Gasteiger partial charge in [-0.3, -0.25) is 9.69 Å². The molecule has 1 atom stereocenters. The summed E-state index contributed by atoms with van der Waals surface area (Å²) in [5.74, 6) is -3.65. The van der Waals surface area contributed by atoms with E-state index < -0.39 is 34.6 Å². The van der Waals surface area contributed by atoms with Crippen LogP contribution in [0.2, 0.25) is 0 Å². The molecule has 0 saturated carbocycles. The zero-order valence-electron chi connectivity index (χ0n) is 20.6. The first-order valence-corrected chi connectivity index (χ1v) is 13.5. The summed E-state index contributed by atoms with van der Waals surface area (Å²) in [6, 6.07) is 16.8. The summed E-state index contributed by atoms with van der Waals surface area (Å²) in [7, 11) is 0. The minimum atomic E-state index is -1.27. The minimum absolute atomic E-state index is 0.0512. The fourth-order valence-electron chi connectivity index (χ4n) is 4.99. The lowest BCUT2D eigenvalue weighted by atomic mass is 9.92. The summed E-state index contributed by atoms with van der Waals surface area (Å²) < 4.78 is 43.7. The summed E-state index contributed by atoms with van der Waals surface area (Å²) in [5.41, 5.74) is -0.504. The molecule has 0 aliphatic carbocycles. The van der Waals surface area contributed by atoms with Gasteiger partial charge in [-0.15, -0.1) is 0 Å². The number of nitrogens with one attached hydrogen (secondary N) is 2. The van der Waals surface area contributed by atoms with Gasteiger partial charge in [0.15, 0.2) is 11.6 Å². The van der Waals surface area contributed by atoms with E-state index in [1.807, 2.05) is 40.8 Å². The molecule has 2 aliphatic heterocycles. The Labute approximate surface area is 233 Å². The largest absolute Gasteiger partial charge is 0.385 e. The summed E-state index contributed by atoms with van der Waals surface area (Å²) in [5, 5.41) is 16.9. The first-order valence-electron chi connectivity index (χ1n) is 12.4. The van der Waals surface area contributed by atoms with Gasteiger partial charge in [0, 0.05) is 35.8 Å². The molecule has 2 heterocycles. The Balaban J connectivity index is 1.18. The first-order chi connectivity index (χ1) is 18.2. The van der Waals surface area contributed by atoms with E-state index in [-0.39, 0.29) is 30.4 Å². The number of β-amino-alcohol motifs (C(OH)–C–C–N with tert-alkyl or cyclic N) is 1. The minimum Gasteiger partial charge on any atom is -0.385 e. The van der Waals surface area contributed by atoms with E-state index >= 15 is 0 Å². The lowest BCUT2D eigenvalue weighted by Gasteiger charge is -2.47. The van der Waals surface area contributed by atoms with Crippen LogP contribution in [0.15, 0.2) is 60.7 Å². The molecule has 1 amide bonds. The van der Waals surface area contributed by atoms with Crippen molar-refractivity contribution in [1.29, 1.82) is 0 Å². The van der Waals surface area contributed by atoms with Gasteiger partial charge in [-0.25, -0.2) is 13.2 Å². The van der Waals surface area contributed by atoms with Crippen molar-refractivity contribution in [1.82, 2.24) is 15.1 Å². The van der Waals surface area contributed by atoms with Crippen LogP contribution in [0.3, 0.4) is 0 Å². The number of hydrogen-bond donors (Lipinski definition) is 3. The van der Waals surface area contributed by atoms with Crippen molar-refractivity contribution in [3.8, 4) is 0 Å². The van der Waals surface area contributed by atoms with Gasteiger partial charge in [-0.1, -0.05) is 30.3 Å². The number of hydrogen-bond acceptors (Lipinski definition) is 5. The van der Waals surface area contributed by atoms with Crippen LogP contribution in [0.5, 0.6) is 0 Å². The van der Waals surface area contributed by atoms with Crippen molar-refractivity contribution in [2.24, 2.45) is 0 Å². The van der Waals surface area contributed by atoms with E-state index in [1.165, 1.54) is 28.7 Å². The maximum Gasteiger partial charge on any atom is 0.256 e. The van der Waals surface area contributed by atoms with Gasteiger partial charge in [0.05, 0.1) is 30.0 Å². The van der Waals surface area contributed by atoms with E-state index in [2.05, 4.69) is 27.7 Å². The Hall–Kier alpha value is -2.67. The van der Waals surface area contributed by atoms with Gasteiger partial charge >= 0.3 is 0 Å². The van der Waals surface area contributed by atoms with Gasteiger partial charge < -0.3 is 20.6 Å². The molecule has 200 valence electrons. The van der Waals surface area contributed by atoms with Crippen LogP contribution in [0, 0.1) is 21.0 Å². The van der Waals surface area contributed by atoms with Gasteiger partial charge in [0.1, 0.15) is 11.4 Å². The SMILES string of the molecule is O=C(c1ccc(F)c(F)c1Nc1ccc(I)cc1F)N1CC(O)(CNC2CCN(Cc3ccccc3)C2)C1. The van der Waals surface area contributed by atoms with Crippen LogP contribution in [0.4, 0.5) is 24.5 Å². The second-order valence-corrected chi connectivity index (χ2v) is 11.3. The molecular formula is C28H28F3IN4O2. The van der Waals surface area contributed by atoms with E-state index in [4.69, 9.17) is 0 Å². The molecule has 6 nitrogen and oxygen atoms in total. The lowest BCUT2D eigenvalue weighted by molar-refractivity contribution is -0.0796. The number of nitrogens with zero attached hydrogens (tertiary/aromatic N) is 2. The van der Waals surface area contributed by atoms with Crippen molar-refractivity contribution >= 4 is 39.9 Å². The van der Waals surface area contributed by atoms with Crippen LogP contribution < -0.4 is 10.6 Å². The van der Waals surface area contributed by atoms with Gasteiger partial charge in [-0.05, 0) is 64.9 Å². The molecule has 3 N–H and O–H groups in total.